The van der Waals surface area contributed by atoms with Gasteiger partial charge in [0, 0.05) is 53.5 Å². The van der Waals surface area contributed by atoms with Crippen LogP contribution in [0.4, 0.5) is 13.2 Å². The molecule has 2 aliphatic rings. The highest BCUT2D eigenvalue weighted by Gasteiger charge is 2.49. The first-order chi connectivity index (χ1) is 19.3. The minimum Gasteiger partial charge on any atom is -0.493 e. The highest BCUT2D eigenvalue weighted by molar-refractivity contribution is 5.85. The molecule has 2 atom stereocenters. The van der Waals surface area contributed by atoms with E-state index < -0.39 is 23.3 Å². The van der Waals surface area contributed by atoms with Crippen LogP contribution < -0.4 is 4.74 Å². The lowest BCUT2D eigenvalue weighted by molar-refractivity contribution is -0.148. The fourth-order valence-corrected chi connectivity index (χ4v) is 5.62. The zero-order valence-corrected chi connectivity index (χ0v) is 23.1. The lowest BCUT2D eigenvalue weighted by Crippen LogP contribution is -2.46. The van der Waals surface area contributed by atoms with Crippen molar-refractivity contribution in [2.75, 3.05) is 33.0 Å². The third-order valence-corrected chi connectivity index (χ3v) is 7.83. The molecule has 2 heterocycles. The Bertz CT molecular complexity index is 1320. The number of aromatic amines is 1. The Hall–Kier alpha value is -3.04. The number of halogens is 3. The topological polar surface area (TPSA) is 63.8 Å². The lowest BCUT2D eigenvalue weighted by Gasteiger charge is -2.41. The second-order valence-electron chi connectivity index (χ2n) is 10.9. The Balaban J connectivity index is 1.28. The number of nitrogens with one attached hydrogen (secondary N) is 1. The highest BCUT2D eigenvalue weighted by Crippen LogP contribution is 2.47. The van der Waals surface area contributed by atoms with Crippen LogP contribution >= 0.6 is 0 Å². The second-order valence-corrected chi connectivity index (χ2v) is 10.9. The van der Waals surface area contributed by atoms with Crippen LogP contribution in [0.5, 0.6) is 5.75 Å². The summed E-state index contributed by atoms with van der Waals surface area (Å²) in [4.78, 5) is 16.6. The van der Waals surface area contributed by atoms with E-state index in [1.165, 1.54) is 12.1 Å². The van der Waals surface area contributed by atoms with Crippen molar-refractivity contribution in [1.82, 2.24) is 9.88 Å². The molecule has 0 unspecified atom stereocenters. The average Bonchev–Trinajstić information content (AvgIpc) is 3.53. The fraction of sp³-hybridized carbons (Fsp3) is 0.516. The van der Waals surface area contributed by atoms with E-state index in [4.69, 9.17) is 14.2 Å². The van der Waals surface area contributed by atoms with Gasteiger partial charge in [-0.15, -0.1) is 0 Å². The molecule has 0 bridgehead atoms. The molecule has 216 valence electrons. The number of esters is 1. The molecule has 5 rings (SSSR count). The monoisotopic (exact) mass is 558 g/mol. The third kappa shape index (κ3) is 6.31. The Morgan fingerprint density at radius 2 is 1.82 bits per heavy atom. The summed E-state index contributed by atoms with van der Waals surface area (Å²) in [7, 11) is 0. The molecular formula is C31H37F3N2O4. The normalized spacial score (nSPS) is 19.9. The number of hydrogen-bond acceptors (Lipinski definition) is 5. The van der Waals surface area contributed by atoms with Gasteiger partial charge < -0.3 is 19.2 Å². The molecule has 0 spiro atoms. The van der Waals surface area contributed by atoms with Gasteiger partial charge in [0.1, 0.15) is 29.7 Å². The molecule has 9 heteroatoms. The maximum Gasteiger partial charge on any atom is 0.332 e. The average molecular weight is 559 g/mol. The first kappa shape index (κ1) is 28.5. The molecule has 40 heavy (non-hydrogen) atoms. The molecular weight excluding hydrogens is 521 g/mol. The number of unbranched alkanes of at least 4 members (excludes halogenated alkanes) is 2. The van der Waals surface area contributed by atoms with E-state index in [-0.39, 0.29) is 36.5 Å². The molecule has 0 radical (unpaired) electrons. The van der Waals surface area contributed by atoms with E-state index in [9.17, 15) is 4.79 Å². The number of carbonyl (C=O) groups is 1. The minimum atomic E-state index is -1.31. The van der Waals surface area contributed by atoms with Crippen molar-refractivity contribution in [3.8, 4) is 5.75 Å². The first-order valence-corrected chi connectivity index (χ1v) is 14.2. The van der Waals surface area contributed by atoms with E-state index in [0.29, 0.717) is 45.5 Å². The standard InChI is InChI=1S/C31H37F3N2O4/c1-3-39-27(37)18-38-13-7-4-8-14-40-21-16-24(32)28(25(33)17-21)30-29-23(22-9-5-6-10-26(22)35-29)15-20(2)36(30)19-31(34)11-12-31/h5-6,9-10,16-17,20,30,35H,3-4,7-8,11-15,18-19H2,1-2H3/t20-,30-/m1/s1. The Labute approximate surface area is 232 Å². The number of fused-ring (bicyclic) bond motifs is 3. The molecule has 1 aliphatic carbocycles. The summed E-state index contributed by atoms with van der Waals surface area (Å²) in [6, 6.07) is 9.42. The highest BCUT2D eigenvalue weighted by atomic mass is 19.1. The largest absolute Gasteiger partial charge is 0.493 e. The molecule has 1 fully saturated rings. The summed E-state index contributed by atoms with van der Waals surface area (Å²) in [5, 5.41) is 1.03. The number of para-hydroxylation sites is 1. The van der Waals surface area contributed by atoms with Crippen LogP contribution in [0, 0.1) is 11.6 Å². The minimum absolute atomic E-state index is 0.0707. The molecule has 1 N–H and O–H groups in total. The van der Waals surface area contributed by atoms with Crippen LogP contribution in [0.3, 0.4) is 0 Å². The molecule has 1 aromatic heterocycles. The van der Waals surface area contributed by atoms with E-state index in [2.05, 4.69) is 4.98 Å². The number of carbonyl (C=O) groups excluding carboxylic acids is 1. The maximum absolute atomic E-state index is 15.7. The van der Waals surface area contributed by atoms with Crippen LogP contribution in [-0.4, -0.2) is 60.5 Å². The number of ether oxygens (including phenoxy) is 3. The summed E-state index contributed by atoms with van der Waals surface area (Å²) >= 11 is 0. The van der Waals surface area contributed by atoms with Gasteiger partial charge in [0.25, 0.3) is 0 Å². The van der Waals surface area contributed by atoms with Gasteiger partial charge in [0.15, 0.2) is 0 Å². The summed E-state index contributed by atoms with van der Waals surface area (Å²) in [5.74, 6) is -1.69. The number of hydrogen-bond donors (Lipinski definition) is 1. The van der Waals surface area contributed by atoms with Crippen molar-refractivity contribution in [3.05, 3.63) is 64.9 Å². The number of H-pyrrole nitrogens is 1. The maximum atomic E-state index is 15.7. The van der Waals surface area contributed by atoms with Gasteiger partial charge in [0.05, 0.1) is 19.3 Å². The third-order valence-electron chi connectivity index (χ3n) is 7.83. The molecule has 6 nitrogen and oxygen atoms in total. The van der Waals surface area contributed by atoms with Crippen LogP contribution in [0.25, 0.3) is 10.9 Å². The molecule has 2 aromatic carbocycles. The second kappa shape index (κ2) is 12.2. The summed E-state index contributed by atoms with van der Waals surface area (Å²) in [6.45, 7) is 4.83. The van der Waals surface area contributed by atoms with Gasteiger partial charge in [-0.3, -0.25) is 4.90 Å². The molecule has 3 aromatic rings. The molecule has 1 aliphatic heterocycles. The van der Waals surface area contributed by atoms with E-state index in [0.717, 1.165) is 35.0 Å². The zero-order valence-electron chi connectivity index (χ0n) is 23.1. The summed E-state index contributed by atoms with van der Waals surface area (Å²) in [5.41, 5.74) is 1.25. The van der Waals surface area contributed by atoms with Gasteiger partial charge in [0.2, 0.25) is 0 Å². The van der Waals surface area contributed by atoms with Gasteiger partial charge in [-0.2, -0.15) is 0 Å². The Kier molecular flexibility index (Phi) is 8.71. The van der Waals surface area contributed by atoms with Gasteiger partial charge in [-0.25, -0.2) is 18.0 Å². The van der Waals surface area contributed by atoms with Crippen molar-refractivity contribution in [2.45, 2.75) is 70.1 Å². The van der Waals surface area contributed by atoms with Crippen LogP contribution in [0.2, 0.25) is 0 Å². The van der Waals surface area contributed by atoms with Crippen LogP contribution in [0.15, 0.2) is 36.4 Å². The van der Waals surface area contributed by atoms with Gasteiger partial charge >= 0.3 is 5.97 Å². The van der Waals surface area contributed by atoms with E-state index in [1.807, 2.05) is 36.1 Å². The Morgan fingerprint density at radius 3 is 2.55 bits per heavy atom. The molecule has 0 saturated heterocycles. The SMILES string of the molecule is CCOC(=O)COCCCCCOc1cc(F)c([C@@H]2c3[nH]c4ccccc4c3C[C@@H](C)N2CC2(F)CC2)c(F)c1. The van der Waals surface area contributed by atoms with E-state index in [1.54, 1.807) is 6.92 Å². The van der Waals surface area contributed by atoms with E-state index >= 15 is 13.2 Å². The van der Waals surface area contributed by atoms with Gasteiger partial charge in [-0.1, -0.05) is 18.2 Å². The molecule has 1 saturated carbocycles. The van der Waals surface area contributed by atoms with Gasteiger partial charge in [-0.05, 0) is 64.0 Å². The van der Waals surface area contributed by atoms with Crippen molar-refractivity contribution in [1.29, 1.82) is 0 Å². The lowest BCUT2D eigenvalue weighted by atomic mass is 9.87. The quantitative estimate of drug-likeness (QED) is 0.194. The fourth-order valence-electron chi connectivity index (χ4n) is 5.62. The first-order valence-electron chi connectivity index (χ1n) is 14.2. The molecule has 0 amide bonds. The van der Waals surface area contributed by atoms with Crippen molar-refractivity contribution < 1.29 is 32.2 Å². The predicted molar refractivity (Wildman–Crippen MR) is 146 cm³/mol. The number of nitrogens with zero attached hydrogens (tertiary/aromatic N) is 1. The van der Waals surface area contributed by atoms with Crippen molar-refractivity contribution >= 4 is 16.9 Å². The van der Waals surface area contributed by atoms with Crippen LogP contribution in [0.1, 0.15) is 68.8 Å². The van der Waals surface area contributed by atoms with Crippen LogP contribution in [-0.2, 0) is 20.7 Å². The predicted octanol–water partition coefficient (Wildman–Crippen LogP) is 6.41. The number of aromatic nitrogens is 1. The number of alkyl halides is 1. The number of rotatable bonds is 13. The summed E-state index contributed by atoms with van der Waals surface area (Å²) in [6.07, 6.45) is 3.77. The number of benzene rings is 2. The Morgan fingerprint density at radius 1 is 1.10 bits per heavy atom. The van der Waals surface area contributed by atoms with Crippen molar-refractivity contribution in [3.63, 3.8) is 0 Å². The van der Waals surface area contributed by atoms with Crippen molar-refractivity contribution in [2.24, 2.45) is 0 Å². The zero-order chi connectivity index (χ0) is 28.3. The smallest absolute Gasteiger partial charge is 0.332 e. The summed E-state index contributed by atoms with van der Waals surface area (Å²) < 4.78 is 62.2.